The Balaban J connectivity index is 2.29. The van der Waals surface area contributed by atoms with E-state index in [1.807, 2.05) is 32.0 Å². The van der Waals surface area contributed by atoms with Crippen LogP contribution in [0.5, 0.6) is 0 Å². The number of hydrogen-bond acceptors (Lipinski definition) is 4. The third kappa shape index (κ3) is 3.99. The van der Waals surface area contributed by atoms with Gasteiger partial charge in [0.1, 0.15) is 0 Å². The fourth-order valence-electron chi connectivity index (χ4n) is 2.44. The molecule has 2 rings (SSSR count). The minimum absolute atomic E-state index is 0.120. The number of carbonyl (C=O) groups excluding carboxylic acids is 1. The summed E-state index contributed by atoms with van der Waals surface area (Å²) in [6.45, 7) is 6.15. The molecule has 126 valence electrons. The van der Waals surface area contributed by atoms with Crippen LogP contribution in [0.4, 0.5) is 0 Å². The molecule has 0 aliphatic heterocycles. The average molecular weight is 344 g/mol. The second kappa shape index (κ2) is 7.74. The summed E-state index contributed by atoms with van der Waals surface area (Å²) < 4.78 is 7.08. The Morgan fingerprint density at radius 1 is 1.38 bits per heavy atom. The zero-order valence-electron chi connectivity index (χ0n) is 13.9. The third-order valence-electron chi connectivity index (χ3n) is 3.49. The summed E-state index contributed by atoms with van der Waals surface area (Å²) in [5, 5.41) is 4.11. The number of carbonyl (C=O) groups is 1. The normalized spacial score (nSPS) is 10.8. The van der Waals surface area contributed by atoms with Gasteiger partial charge in [-0.25, -0.2) is 4.79 Å². The van der Waals surface area contributed by atoms with Crippen LogP contribution in [-0.4, -0.2) is 28.5 Å². The number of nitrogens with one attached hydrogen (secondary N) is 1. The Bertz CT molecular complexity index is 779. The molecule has 6 nitrogen and oxygen atoms in total. The molecule has 3 N–H and O–H groups in total. The predicted molar refractivity (Wildman–Crippen MR) is 98.7 cm³/mol. The van der Waals surface area contributed by atoms with Gasteiger partial charge in [0, 0.05) is 22.6 Å². The van der Waals surface area contributed by atoms with Crippen molar-refractivity contribution in [2.24, 2.45) is 10.8 Å². The lowest BCUT2D eigenvalue weighted by Crippen LogP contribution is -2.24. The van der Waals surface area contributed by atoms with Crippen molar-refractivity contribution in [3.05, 3.63) is 52.8 Å². The zero-order valence-corrected chi connectivity index (χ0v) is 14.7. The molecule has 24 heavy (non-hydrogen) atoms. The van der Waals surface area contributed by atoms with E-state index in [4.69, 9.17) is 22.7 Å². The summed E-state index contributed by atoms with van der Waals surface area (Å²) in [5.74, 6) is -0.318. The number of thiocarbonyl (C=S) groups is 1. The molecule has 0 bridgehead atoms. The maximum atomic E-state index is 11.7. The second-order valence-electron chi connectivity index (χ2n) is 5.16. The monoisotopic (exact) mass is 344 g/mol. The molecule has 0 spiro atoms. The van der Waals surface area contributed by atoms with E-state index in [2.05, 4.69) is 15.1 Å². The fourth-order valence-corrected chi connectivity index (χ4v) is 2.49. The number of hydrogen-bond donors (Lipinski definition) is 2. The topological polar surface area (TPSA) is 81.6 Å². The molecule has 0 fully saturated rings. The summed E-state index contributed by atoms with van der Waals surface area (Å²) in [4.78, 5) is 11.7. The molecule has 7 heteroatoms. The lowest BCUT2D eigenvalue weighted by atomic mass is 10.2. The van der Waals surface area contributed by atoms with Crippen LogP contribution in [-0.2, 0) is 4.74 Å². The van der Waals surface area contributed by atoms with E-state index in [9.17, 15) is 4.79 Å². The van der Waals surface area contributed by atoms with Crippen molar-refractivity contribution in [3.8, 4) is 5.69 Å². The zero-order chi connectivity index (χ0) is 17.7. The van der Waals surface area contributed by atoms with Crippen molar-refractivity contribution in [3.63, 3.8) is 0 Å². The van der Waals surface area contributed by atoms with Crippen molar-refractivity contribution in [2.75, 3.05) is 6.61 Å². The number of ether oxygens (including phenoxy) is 1. The van der Waals surface area contributed by atoms with Crippen molar-refractivity contribution >= 4 is 29.5 Å². The first-order valence-corrected chi connectivity index (χ1v) is 7.90. The first-order chi connectivity index (χ1) is 11.4. The van der Waals surface area contributed by atoms with Crippen LogP contribution in [0.15, 0.2) is 35.4 Å². The van der Waals surface area contributed by atoms with E-state index in [1.54, 1.807) is 25.3 Å². The first-order valence-electron chi connectivity index (χ1n) is 7.49. The number of nitrogens with zero attached hydrogens (tertiary/aromatic N) is 2. The molecule has 0 unspecified atom stereocenters. The molecule has 0 aliphatic carbocycles. The van der Waals surface area contributed by atoms with Gasteiger partial charge in [0.25, 0.3) is 0 Å². The highest BCUT2D eigenvalue weighted by molar-refractivity contribution is 7.80. The lowest BCUT2D eigenvalue weighted by molar-refractivity contribution is 0.0526. The van der Waals surface area contributed by atoms with Gasteiger partial charge in [0.2, 0.25) is 0 Å². The third-order valence-corrected chi connectivity index (χ3v) is 3.58. The minimum Gasteiger partial charge on any atom is -0.462 e. The summed E-state index contributed by atoms with van der Waals surface area (Å²) in [7, 11) is 0. The molecule has 0 radical (unpaired) electrons. The smallest absolute Gasteiger partial charge is 0.338 e. The predicted octanol–water partition coefficient (Wildman–Crippen LogP) is 2.44. The van der Waals surface area contributed by atoms with Gasteiger partial charge in [0.05, 0.1) is 18.4 Å². The molecular weight excluding hydrogens is 324 g/mol. The van der Waals surface area contributed by atoms with Gasteiger partial charge in [-0.2, -0.15) is 5.10 Å². The van der Waals surface area contributed by atoms with Crippen LogP contribution in [0.25, 0.3) is 5.69 Å². The SMILES string of the molecule is CCOC(=O)c1ccc(-n2c(C)cc(/C=N\NC(N)=S)c2C)cc1. The number of esters is 1. The number of nitrogens with two attached hydrogens (primary N) is 1. The maximum absolute atomic E-state index is 11.7. The Morgan fingerprint density at radius 2 is 2.04 bits per heavy atom. The standard InChI is InChI=1S/C17H20N4O2S/c1-4-23-16(22)13-5-7-15(8-6-13)21-11(2)9-14(12(21)3)10-19-20-17(18)24/h5-10H,4H2,1-3H3,(H3,18,20,24)/b19-10-. The highest BCUT2D eigenvalue weighted by atomic mass is 32.1. The highest BCUT2D eigenvalue weighted by Crippen LogP contribution is 2.20. The number of hydrazone groups is 1. The molecule has 1 aromatic heterocycles. The van der Waals surface area contributed by atoms with Gasteiger partial charge in [-0.3, -0.25) is 5.43 Å². The van der Waals surface area contributed by atoms with E-state index in [0.717, 1.165) is 22.6 Å². The fraction of sp³-hybridized carbons (Fsp3) is 0.235. The second-order valence-corrected chi connectivity index (χ2v) is 5.60. The number of rotatable bonds is 5. The maximum Gasteiger partial charge on any atom is 0.338 e. The quantitative estimate of drug-likeness (QED) is 0.377. The van der Waals surface area contributed by atoms with Crippen LogP contribution in [0, 0.1) is 13.8 Å². The van der Waals surface area contributed by atoms with Crippen molar-refractivity contribution in [1.82, 2.24) is 9.99 Å². The summed E-state index contributed by atoms with van der Waals surface area (Å²) >= 11 is 4.71. The molecule has 1 heterocycles. The summed E-state index contributed by atoms with van der Waals surface area (Å²) in [5.41, 5.74) is 12.4. The minimum atomic E-state index is -0.318. The van der Waals surface area contributed by atoms with E-state index >= 15 is 0 Å². The molecule has 0 aliphatic rings. The van der Waals surface area contributed by atoms with Gasteiger partial charge in [-0.05, 0) is 63.3 Å². The number of aryl methyl sites for hydroxylation is 1. The van der Waals surface area contributed by atoms with Gasteiger partial charge < -0.3 is 15.0 Å². The van der Waals surface area contributed by atoms with Gasteiger partial charge in [-0.1, -0.05) is 0 Å². The van der Waals surface area contributed by atoms with E-state index in [0.29, 0.717) is 12.2 Å². The van der Waals surface area contributed by atoms with Crippen LogP contribution < -0.4 is 11.2 Å². The van der Waals surface area contributed by atoms with Gasteiger partial charge in [-0.15, -0.1) is 0 Å². The van der Waals surface area contributed by atoms with Crippen molar-refractivity contribution < 1.29 is 9.53 Å². The molecule has 0 saturated heterocycles. The molecule has 0 amide bonds. The summed E-state index contributed by atoms with van der Waals surface area (Å²) in [6, 6.07) is 9.31. The average Bonchev–Trinajstić information content (AvgIpc) is 2.82. The van der Waals surface area contributed by atoms with E-state index < -0.39 is 0 Å². The Labute approximate surface area is 146 Å². The lowest BCUT2D eigenvalue weighted by Gasteiger charge is -2.10. The molecular formula is C17H20N4O2S. The van der Waals surface area contributed by atoms with Crippen molar-refractivity contribution in [2.45, 2.75) is 20.8 Å². The Morgan fingerprint density at radius 3 is 2.62 bits per heavy atom. The van der Waals surface area contributed by atoms with Crippen molar-refractivity contribution in [1.29, 1.82) is 0 Å². The largest absolute Gasteiger partial charge is 0.462 e. The van der Waals surface area contributed by atoms with Gasteiger partial charge >= 0.3 is 5.97 Å². The molecule has 0 atom stereocenters. The molecule has 2 aromatic rings. The van der Waals surface area contributed by atoms with Crippen LogP contribution in [0.3, 0.4) is 0 Å². The number of benzene rings is 1. The summed E-state index contributed by atoms with van der Waals surface area (Å²) in [6.07, 6.45) is 1.67. The molecule has 0 saturated carbocycles. The van der Waals surface area contributed by atoms with E-state index in [-0.39, 0.29) is 11.1 Å². The molecule has 1 aromatic carbocycles. The Kier molecular flexibility index (Phi) is 5.70. The van der Waals surface area contributed by atoms with E-state index in [1.165, 1.54) is 0 Å². The Hall–Kier alpha value is -2.67. The van der Waals surface area contributed by atoms with Crippen LogP contribution in [0.1, 0.15) is 34.2 Å². The van der Waals surface area contributed by atoms with Gasteiger partial charge in [0.15, 0.2) is 5.11 Å². The van der Waals surface area contributed by atoms with Crippen LogP contribution in [0.2, 0.25) is 0 Å². The first kappa shape index (κ1) is 17.7. The highest BCUT2D eigenvalue weighted by Gasteiger charge is 2.11. The van der Waals surface area contributed by atoms with Crippen LogP contribution >= 0.6 is 12.2 Å². The number of aromatic nitrogens is 1.